The molecule has 1 aliphatic carbocycles. The van der Waals surface area contributed by atoms with Crippen LogP contribution in [0.2, 0.25) is 0 Å². The van der Waals surface area contributed by atoms with Gasteiger partial charge < -0.3 is 10.1 Å². The maximum Gasteiger partial charge on any atom is 0.241 e. The lowest BCUT2D eigenvalue weighted by Gasteiger charge is -2.21. The molecule has 2 unspecified atom stereocenters. The Morgan fingerprint density at radius 2 is 2.05 bits per heavy atom. The van der Waals surface area contributed by atoms with Crippen LogP contribution in [-0.4, -0.2) is 31.2 Å². The van der Waals surface area contributed by atoms with Crippen molar-refractivity contribution in [3.05, 3.63) is 35.6 Å². The van der Waals surface area contributed by atoms with Crippen molar-refractivity contribution in [2.45, 2.75) is 43.9 Å². The van der Waals surface area contributed by atoms with Gasteiger partial charge in [0.2, 0.25) is 5.91 Å². The fourth-order valence-corrected chi connectivity index (χ4v) is 2.58. The third-order valence-corrected chi connectivity index (χ3v) is 3.96. The van der Waals surface area contributed by atoms with Gasteiger partial charge in [0.15, 0.2) is 0 Å². The highest BCUT2D eigenvalue weighted by Gasteiger charge is 2.29. The molecule has 0 bridgehead atoms. The minimum absolute atomic E-state index is 0.0397. The third-order valence-electron chi connectivity index (χ3n) is 3.96. The molecule has 1 amide bonds. The minimum Gasteiger partial charge on any atom is -0.377 e. The fraction of sp³-hybridized carbons (Fsp3) is 0.562. The van der Waals surface area contributed by atoms with Crippen LogP contribution in [0.1, 0.15) is 37.3 Å². The molecule has 3 rings (SSSR count). The Hall–Kier alpha value is -1.46. The first-order chi connectivity index (χ1) is 10.2. The molecular formula is C16H21FN2O2. The monoisotopic (exact) mass is 292 g/mol. The van der Waals surface area contributed by atoms with Crippen LogP contribution >= 0.6 is 0 Å². The zero-order chi connectivity index (χ0) is 14.7. The molecule has 114 valence electrons. The molecule has 21 heavy (non-hydrogen) atoms. The molecule has 2 atom stereocenters. The van der Waals surface area contributed by atoms with Crippen LogP contribution in [0, 0.1) is 5.82 Å². The van der Waals surface area contributed by atoms with Gasteiger partial charge in [-0.2, -0.15) is 0 Å². The van der Waals surface area contributed by atoms with Crippen molar-refractivity contribution >= 4 is 5.91 Å². The van der Waals surface area contributed by atoms with Crippen molar-refractivity contribution in [2.24, 2.45) is 0 Å². The van der Waals surface area contributed by atoms with Gasteiger partial charge in [0.05, 0.1) is 6.10 Å². The summed E-state index contributed by atoms with van der Waals surface area (Å²) in [5, 5.41) is 6.28. The normalized spacial score (nSPS) is 23.0. The largest absolute Gasteiger partial charge is 0.377 e. The van der Waals surface area contributed by atoms with E-state index in [-0.39, 0.29) is 17.8 Å². The number of amides is 1. The average molecular weight is 292 g/mol. The molecule has 1 saturated heterocycles. The molecule has 5 heteroatoms. The summed E-state index contributed by atoms with van der Waals surface area (Å²) < 4.78 is 18.6. The molecule has 1 heterocycles. The number of nitrogens with one attached hydrogen (secondary N) is 2. The van der Waals surface area contributed by atoms with Crippen LogP contribution in [0.5, 0.6) is 0 Å². The van der Waals surface area contributed by atoms with Gasteiger partial charge in [0.1, 0.15) is 11.9 Å². The van der Waals surface area contributed by atoms with Crippen LogP contribution in [0.4, 0.5) is 4.39 Å². The Morgan fingerprint density at radius 1 is 1.29 bits per heavy atom. The summed E-state index contributed by atoms with van der Waals surface area (Å²) in [4.78, 5) is 12.4. The van der Waals surface area contributed by atoms with Crippen molar-refractivity contribution in [1.82, 2.24) is 10.6 Å². The summed E-state index contributed by atoms with van der Waals surface area (Å²) >= 11 is 0. The number of ether oxygens (including phenoxy) is 1. The number of hydrogen-bond donors (Lipinski definition) is 2. The number of benzene rings is 1. The number of rotatable bonds is 6. The van der Waals surface area contributed by atoms with Gasteiger partial charge in [0.25, 0.3) is 0 Å². The summed E-state index contributed by atoms with van der Waals surface area (Å²) in [6.45, 7) is 1.43. The predicted octanol–water partition coefficient (Wildman–Crippen LogP) is 1.91. The third kappa shape index (κ3) is 4.02. The SMILES string of the molecule is O=C(NC1CC1)C(NCC1CCCO1)c1ccc(F)cc1. The molecule has 0 aromatic heterocycles. The highest BCUT2D eigenvalue weighted by atomic mass is 19.1. The average Bonchev–Trinajstić information content (AvgIpc) is 3.13. The molecule has 2 N–H and O–H groups in total. The quantitative estimate of drug-likeness (QED) is 0.842. The minimum atomic E-state index is -0.449. The van der Waals surface area contributed by atoms with Gasteiger partial charge >= 0.3 is 0 Å². The molecular weight excluding hydrogens is 271 g/mol. The fourth-order valence-electron chi connectivity index (χ4n) is 2.58. The summed E-state index contributed by atoms with van der Waals surface area (Å²) in [7, 11) is 0. The highest BCUT2D eigenvalue weighted by molar-refractivity contribution is 5.83. The summed E-state index contributed by atoms with van der Waals surface area (Å²) in [6.07, 6.45) is 4.36. The van der Waals surface area contributed by atoms with Crippen LogP contribution in [-0.2, 0) is 9.53 Å². The molecule has 1 aliphatic heterocycles. The van der Waals surface area contributed by atoms with Crippen molar-refractivity contribution < 1.29 is 13.9 Å². The van der Waals surface area contributed by atoms with Crippen LogP contribution in [0.25, 0.3) is 0 Å². The number of halogens is 1. The van der Waals surface area contributed by atoms with E-state index in [0.29, 0.717) is 12.6 Å². The first-order valence-electron chi connectivity index (χ1n) is 7.63. The van der Waals surface area contributed by atoms with E-state index < -0.39 is 6.04 Å². The Kier molecular flexibility index (Phi) is 4.51. The van der Waals surface area contributed by atoms with Crippen molar-refractivity contribution in [3.8, 4) is 0 Å². The van der Waals surface area contributed by atoms with Gasteiger partial charge in [-0.3, -0.25) is 10.1 Å². The van der Waals surface area contributed by atoms with E-state index in [9.17, 15) is 9.18 Å². The van der Waals surface area contributed by atoms with E-state index in [2.05, 4.69) is 10.6 Å². The van der Waals surface area contributed by atoms with Crippen LogP contribution in [0.3, 0.4) is 0 Å². The van der Waals surface area contributed by atoms with E-state index in [4.69, 9.17) is 4.74 Å². The molecule has 1 aromatic carbocycles. The number of carbonyl (C=O) groups is 1. The van der Waals surface area contributed by atoms with Gasteiger partial charge in [-0.1, -0.05) is 12.1 Å². The van der Waals surface area contributed by atoms with E-state index >= 15 is 0 Å². The lowest BCUT2D eigenvalue weighted by molar-refractivity contribution is -0.123. The van der Waals surface area contributed by atoms with E-state index in [1.807, 2.05) is 0 Å². The Balaban J connectivity index is 1.66. The Morgan fingerprint density at radius 3 is 2.67 bits per heavy atom. The van der Waals surface area contributed by atoms with Crippen molar-refractivity contribution in [3.63, 3.8) is 0 Å². The van der Waals surface area contributed by atoms with E-state index in [0.717, 1.165) is 37.9 Å². The summed E-state index contributed by atoms with van der Waals surface area (Å²) in [5.74, 6) is -0.332. The van der Waals surface area contributed by atoms with Gasteiger partial charge in [0, 0.05) is 19.2 Å². The first-order valence-corrected chi connectivity index (χ1v) is 7.63. The lowest BCUT2D eigenvalue weighted by atomic mass is 10.1. The smallest absolute Gasteiger partial charge is 0.241 e. The predicted molar refractivity (Wildman–Crippen MR) is 77.3 cm³/mol. The molecule has 2 aliphatic rings. The maximum absolute atomic E-state index is 13.1. The number of carbonyl (C=O) groups excluding carboxylic acids is 1. The Bertz CT molecular complexity index is 482. The molecule has 1 saturated carbocycles. The second-order valence-electron chi connectivity index (χ2n) is 5.81. The molecule has 4 nitrogen and oxygen atoms in total. The zero-order valence-corrected chi connectivity index (χ0v) is 12.0. The van der Waals surface area contributed by atoms with Gasteiger partial charge in [-0.05, 0) is 43.4 Å². The highest BCUT2D eigenvalue weighted by Crippen LogP contribution is 2.22. The zero-order valence-electron chi connectivity index (χ0n) is 12.0. The van der Waals surface area contributed by atoms with E-state index in [1.165, 1.54) is 12.1 Å². The molecule has 0 radical (unpaired) electrons. The van der Waals surface area contributed by atoms with Gasteiger partial charge in [-0.25, -0.2) is 4.39 Å². The maximum atomic E-state index is 13.1. The summed E-state index contributed by atoms with van der Waals surface area (Å²) in [6, 6.07) is 5.96. The van der Waals surface area contributed by atoms with Crippen molar-refractivity contribution in [2.75, 3.05) is 13.2 Å². The Labute approximate surface area is 124 Å². The molecule has 1 aromatic rings. The van der Waals surface area contributed by atoms with Crippen molar-refractivity contribution in [1.29, 1.82) is 0 Å². The first kappa shape index (κ1) is 14.5. The van der Waals surface area contributed by atoms with Crippen LogP contribution in [0.15, 0.2) is 24.3 Å². The van der Waals surface area contributed by atoms with E-state index in [1.54, 1.807) is 12.1 Å². The standard InChI is InChI=1S/C16H21FN2O2/c17-12-5-3-11(4-6-12)15(16(20)19-13-7-8-13)18-10-14-2-1-9-21-14/h3-6,13-15,18H,1-2,7-10H2,(H,19,20). The topological polar surface area (TPSA) is 50.4 Å². The lowest BCUT2D eigenvalue weighted by Crippen LogP contribution is -2.41. The second kappa shape index (κ2) is 6.54. The molecule has 2 fully saturated rings. The molecule has 0 spiro atoms. The summed E-state index contributed by atoms with van der Waals surface area (Å²) in [5.41, 5.74) is 0.785. The van der Waals surface area contributed by atoms with Gasteiger partial charge in [-0.15, -0.1) is 0 Å². The number of hydrogen-bond acceptors (Lipinski definition) is 3. The van der Waals surface area contributed by atoms with Crippen LogP contribution < -0.4 is 10.6 Å². The second-order valence-corrected chi connectivity index (χ2v) is 5.81.